The number of carbonyl (C=O) groups excluding carboxylic acids is 1. The van der Waals surface area contributed by atoms with Crippen molar-refractivity contribution in [3.63, 3.8) is 0 Å². The maximum absolute atomic E-state index is 11.3. The van der Waals surface area contributed by atoms with Crippen LogP contribution in [0.5, 0.6) is 0 Å². The minimum absolute atomic E-state index is 0. The van der Waals surface area contributed by atoms with Gasteiger partial charge in [0.1, 0.15) is 5.82 Å². The Kier molecular flexibility index (Phi) is 9.23. The third-order valence-corrected chi connectivity index (χ3v) is 4.75. The monoisotopic (exact) mass is 502 g/mol. The molecule has 0 radical (unpaired) electrons. The molecule has 0 aliphatic carbocycles. The number of hydrogen-bond acceptors (Lipinski definition) is 5. The number of pyridine rings is 1. The van der Waals surface area contributed by atoms with E-state index >= 15 is 0 Å². The lowest BCUT2D eigenvalue weighted by atomic mass is 10.1. The molecular weight excluding hydrogens is 471 g/mol. The number of piperidine rings is 1. The predicted octanol–water partition coefficient (Wildman–Crippen LogP) is 1.26. The zero-order valence-electron chi connectivity index (χ0n) is 16.6. The van der Waals surface area contributed by atoms with E-state index in [0.29, 0.717) is 19.5 Å². The van der Waals surface area contributed by atoms with Crippen LogP contribution in [-0.4, -0.2) is 61.8 Å². The van der Waals surface area contributed by atoms with Crippen molar-refractivity contribution >= 4 is 41.7 Å². The van der Waals surface area contributed by atoms with E-state index in [-0.39, 0.29) is 42.0 Å². The Morgan fingerprint density at radius 3 is 3.07 bits per heavy atom. The molecule has 3 rings (SSSR count). The van der Waals surface area contributed by atoms with Gasteiger partial charge < -0.3 is 25.6 Å². The highest BCUT2D eigenvalue weighted by Crippen LogP contribution is 2.17. The number of nitrogens with zero attached hydrogens (tertiary/aromatic N) is 3. The fourth-order valence-corrected chi connectivity index (χ4v) is 3.30. The zero-order valence-corrected chi connectivity index (χ0v) is 18.9. The van der Waals surface area contributed by atoms with Crippen LogP contribution >= 0.6 is 24.0 Å². The first kappa shape index (κ1) is 22.7. The number of halogens is 1. The van der Waals surface area contributed by atoms with Crippen molar-refractivity contribution in [2.45, 2.75) is 45.4 Å². The highest BCUT2D eigenvalue weighted by molar-refractivity contribution is 14.0. The van der Waals surface area contributed by atoms with Crippen molar-refractivity contribution in [3.05, 3.63) is 23.9 Å². The summed E-state index contributed by atoms with van der Waals surface area (Å²) in [6, 6.07) is 4.32. The largest absolute Gasteiger partial charge is 0.375 e. The Bertz CT molecular complexity index is 662. The Labute approximate surface area is 183 Å². The van der Waals surface area contributed by atoms with Gasteiger partial charge in [-0.05, 0) is 38.0 Å². The van der Waals surface area contributed by atoms with Crippen LogP contribution < -0.4 is 20.9 Å². The van der Waals surface area contributed by atoms with Gasteiger partial charge in [-0.15, -0.1) is 24.0 Å². The highest BCUT2D eigenvalue weighted by atomic mass is 127. The number of ether oxygens (including phenoxy) is 1. The molecule has 2 saturated heterocycles. The highest BCUT2D eigenvalue weighted by Gasteiger charge is 2.19. The predicted molar refractivity (Wildman–Crippen MR) is 121 cm³/mol. The van der Waals surface area contributed by atoms with Gasteiger partial charge in [-0.2, -0.15) is 0 Å². The lowest BCUT2D eigenvalue weighted by Crippen LogP contribution is -2.51. The zero-order chi connectivity index (χ0) is 19.1. The van der Waals surface area contributed by atoms with Crippen LogP contribution in [-0.2, 0) is 16.1 Å². The van der Waals surface area contributed by atoms with E-state index in [1.54, 1.807) is 0 Å². The van der Waals surface area contributed by atoms with E-state index in [1.807, 2.05) is 19.2 Å². The average Bonchev–Trinajstić information content (AvgIpc) is 2.68. The van der Waals surface area contributed by atoms with Crippen LogP contribution in [0.3, 0.4) is 0 Å². The van der Waals surface area contributed by atoms with Crippen molar-refractivity contribution in [1.82, 2.24) is 20.9 Å². The van der Waals surface area contributed by atoms with Crippen molar-refractivity contribution in [1.29, 1.82) is 0 Å². The maximum atomic E-state index is 11.3. The van der Waals surface area contributed by atoms with Crippen LogP contribution in [0.2, 0.25) is 0 Å². The number of guanidine groups is 1. The number of morpholine rings is 1. The smallest absolute Gasteiger partial charge is 0.220 e. The molecule has 2 unspecified atom stereocenters. The molecule has 1 aromatic rings. The first-order valence-corrected chi connectivity index (χ1v) is 9.77. The van der Waals surface area contributed by atoms with Crippen molar-refractivity contribution in [2.75, 3.05) is 37.7 Å². The van der Waals surface area contributed by atoms with Gasteiger partial charge in [-0.1, -0.05) is 0 Å². The lowest BCUT2D eigenvalue weighted by molar-refractivity contribution is -0.122. The van der Waals surface area contributed by atoms with E-state index in [0.717, 1.165) is 50.0 Å². The molecule has 3 heterocycles. The van der Waals surface area contributed by atoms with E-state index in [1.165, 1.54) is 0 Å². The molecule has 0 saturated carbocycles. The molecule has 2 fully saturated rings. The number of nitrogens with one attached hydrogen (secondary N) is 3. The van der Waals surface area contributed by atoms with Gasteiger partial charge >= 0.3 is 0 Å². The van der Waals surface area contributed by atoms with Crippen LogP contribution in [0.15, 0.2) is 23.3 Å². The van der Waals surface area contributed by atoms with Crippen molar-refractivity contribution in [2.24, 2.45) is 4.99 Å². The Morgan fingerprint density at radius 1 is 1.50 bits per heavy atom. The molecule has 8 nitrogen and oxygen atoms in total. The number of carbonyl (C=O) groups is 1. The van der Waals surface area contributed by atoms with Gasteiger partial charge in [0.15, 0.2) is 5.96 Å². The normalized spacial score (nSPS) is 22.9. The number of hydrogen-bond donors (Lipinski definition) is 3. The first-order chi connectivity index (χ1) is 13.1. The maximum Gasteiger partial charge on any atom is 0.220 e. The molecule has 0 aromatic carbocycles. The Morgan fingerprint density at radius 2 is 2.36 bits per heavy atom. The second-order valence-electron chi connectivity index (χ2n) is 7.03. The van der Waals surface area contributed by atoms with Crippen molar-refractivity contribution < 1.29 is 9.53 Å². The van der Waals surface area contributed by atoms with E-state index < -0.39 is 0 Å². The standard InChI is InChI=1S/C19H30N6O2.HI/c1-3-20-19(24-16-4-5-18(26)22-12-16)23-11-15-6-7-21-17(10-15)25-8-9-27-14(2)13-25;/h6-7,10,14,16H,3-5,8-9,11-13H2,1-2H3,(H,22,26)(H2,20,23,24);1H. The van der Waals surface area contributed by atoms with Crippen LogP contribution in [0.1, 0.15) is 32.3 Å². The summed E-state index contributed by atoms with van der Waals surface area (Å²) in [5.74, 6) is 1.87. The van der Waals surface area contributed by atoms with Crippen LogP contribution in [0.4, 0.5) is 5.82 Å². The quantitative estimate of drug-likeness (QED) is 0.319. The Balaban J connectivity index is 0.00000280. The van der Waals surface area contributed by atoms with E-state index in [9.17, 15) is 4.79 Å². The second-order valence-corrected chi connectivity index (χ2v) is 7.03. The molecule has 0 bridgehead atoms. The third-order valence-electron chi connectivity index (χ3n) is 4.75. The molecule has 2 aliphatic heterocycles. The molecule has 3 N–H and O–H groups in total. The number of aromatic nitrogens is 1. The summed E-state index contributed by atoms with van der Waals surface area (Å²) >= 11 is 0. The summed E-state index contributed by atoms with van der Waals surface area (Å²) in [7, 11) is 0. The molecule has 1 aromatic heterocycles. The first-order valence-electron chi connectivity index (χ1n) is 9.77. The molecule has 9 heteroatoms. The topological polar surface area (TPSA) is 90.9 Å². The van der Waals surface area contributed by atoms with Gasteiger partial charge in [0.25, 0.3) is 0 Å². The van der Waals surface area contributed by atoms with Crippen molar-refractivity contribution in [3.8, 4) is 0 Å². The Hall–Kier alpha value is -1.62. The van der Waals surface area contributed by atoms with Crippen LogP contribution in [0.25, 0.3) is 0 Å². The van der Waals surface area contributed by atoms with Gasteiger partial charge in [0.05, 0.1) is 19.3 Å². The molecule has 156 valence electrons. The second kappa shape index (κ2) is 11.4. The summed E-state index contributed by atoms with van der Waals surface area (Å²) in [6.07, 6.45) is 3.45. The number of rotatable bonds is 5. The lowest BCUT2D eigenvalue weighted by Gasteiger charge is -2.32. The summed E-state index contributed by atoms with van der Waals surface area (Å²) in [5, 5.41) is 9.58. The summed E-state index contributed by atoms with van der Waals surface area (Å²) in [4.78, 5) is 22.8. The van der Waals surface area contributed by atoms with E-state index in [4.69, 9.17) is 9.73 Å². The number of anilines is 1. The third kappa shape index (κ3) is 6.77. The molecule has 28 heavy (non-hydrogen) atoms. The minimum atomic E-state index is 0. The van der Waals surface area contributed by atoms with E-state index in [2.05, 4.69) is 38.8 Å². The summed E-state index contributed by atoms with van der Waals surface area (Å²) < 4.78 is 5.61. The summed E-state index contributed by atoms with van der Waals surface area (Å²) in [5.41, 5.74) is 1.12. The van der Waals surface area contributed by atoms with Gasteiger partial charge in [-0.25, -0.2) is 9.98 Å². The minimum Gasteiger partial charge on any atom is -0.375 e. The van der Waals surface area contributed by atoms with Gasteiger partial charge in [0, 0.05) is 44.8 Å². The van der Waals surface area contributed by atoms with Gasteiger partial charge in [-0.3, -0.25) is 4.79 Å². The molecular formula is C19H31IN6O2. The molecule has 0 spiro atoms. The average molecular weight is 502 g/mol. The molecule has 2 aliphatic rings. The fourth-order valence-electron chi connectivity index (χ4n) is 3.30. The van der Waals surface area contributed by atoms with Gasteiger partial charge in [0.2, 0.25) is 5.91 Å². The number of aliphatic imine (C=N–C) groups is 1. The SMILES string of the molecule is CCNC(=NCc1ccnc(N2CCOC(C)C2)c1)NC1CCC(=O)NC1.I. The van der Waals surface area contributed by atoms with Crippen LogP contribution in [0, 0.1) is 0 Å². The number of amides is 1. The molecule has 2 atom stereocenters. The molecule has 1 amide bonds. The fraction of sp³-hybridized carbons (Fsp3) is 0.632. The summed E-state index contributed by atoms with van der Waals surface area (Å²) in [6.45, 7) is 8.59.